The fourth-order valence-electron chi connectivity index (χ4n) is 0.728. The molecule has 0 fully saturated rings. The van der Waals surface area contributed by atoms with Crippen LogP contribution in [-0.2, 0) is 9.09 Å². The second kappa shape index (κ2) is 7.11. The van der Waals surface area contributed by atoms with Gasteiger partial charge in [-0.3, -0.25) is 9.09 Å². The molecule has 0 aliphatic carbocycles. The fraction of sp³-hybridized carbons (Fsp3) is 0.143. The Kier molecular flexibility index (Phi) is 7.50. The average Bonchev–Trinajstić information content (AvgIpc) is 2.04. The van der Waals surface area contributed by atoms with E-state index in [0.717, 1.165) is 0 Å². The molecule has 1 rings (SSSR count). The summed E-state index contributed by atoms with van der Waals surface area (Å²) in [7, 11) is -4.29. The smallest absolute Gasteiger partial charge is 0.746 e. The predicted molar refractivity (Wildman–Crippen MR) is 44.8 cm³/mol. The van der Waals surface area contributed by atoms with Crippen molar-refractivity contribution in [2.45, 2.75) is 0 Å². The molecule has 72 valence electrons. The van der Waals surface area contributed by atoms with Gasteiger partial charge in [0.1, 0.15) is 12.5 Å². The Morgan fingerprint density at radius 1 is 1.36 bits per heavy atom. The third-order valence-electron chi connectivity index (χ3n) is 1.19. The van der Waals surface area contributed by atoms with Crippen LogP contribution in [-0.4, -0.2) is 6.73 Å². The maximum absolute atomic E-state index is 10.9. The molecule has 1 unspecified atom stereocenters. The van der Waals surface area contributed by atoms with Gasteiger partial charge in [0.2, 0.25) is 0 Å². The molecule has 0 aliphatic heterocycles. The van der Waals surface area contributed by atoms with E-state index in [1.54, 1.807) is 18.2 Å². The van der Waals surface area contributed by atoms with Crippen LogP contribution in [0.4, 0.5) is 0 Å². The van der Waals surface area contributed by atoms with E-state index in [4.69, 9.17) is 5.73 Å². The van der Waals surface area contributed by atoms with Crippen molar-refractivity contribution < 1.29 is 69.9 Å². The van der Waals surface area contributed by atoms with Crippen LogP contribution in [0.5, 0.6) is 5.75 Å². The number of hydrogen-bond acceptors (Lipinski definition) is 5. The molecule has 1 aromatic carbocycles. The maximum atomic E-state index is 10.9. The van der Waals surface area contributed by atoms with E-state index in [9.17, 15) is 9.46 Å². The Labute approximate surface area is 125 Å². The van der Waals surface area contributed by atoms with Gasteiger partial charge in [-0.1, -0.05) is 18.2 Å². The van der Waals surface area contributed by atoms with Crippen LogP contribution in [0.15, 0.2) is 30.3 Å². The Morgan fingerprint density at radius 2 is 1.93 bits per heavy atom. The molecule has 0 heterocycles. The summed E-state index contributed by atoms with van der Waals surface area (Å²) in [6.07, 6.45) is 0. The molecule has 1 atom stereocenters. The maximum Gasteiger partial charge on any atom is 1.00 e. The minimum absolute atomic E-state index is 0. The van der Waals surface area contributed by atoms with E-state index in [2.05, 4.69) is 9.05 Å². The first-order chi connectivity index (χ1) is 6.14. The van der Waals surface area contributed by atoms with Gasteiger partial charge in [0.15, 0.2) is 0 Å². The molecular weight excluding hydrogens is 232 g/mol. The number of hydrogen-bond donors (Lipinski definition) is 1. The fourth-order valence-corrected chi connectivity index (χ4v) is 1.34. The zero-order chi connectivity index (χ0) is 9.73. The van der Waals surface area contributed by atoms with Crippen molar-refractivity contribution in [3.8, 4) is 5.75 Å². The van der Waals surface area contributed by atoms with Crippen LogP contribution >= 0.6 is 7.82 Å². The Hall–Kier alpha value is 0.766. The second-order valence-electron chi connectivity index (χ2n) is 2.15. The van der Waals surface area contributed by atoms with Crippen molar-refractivity contribution in [1.82, 2.24) is 0 Å². The largest absolute Gasteiger partial charge is 1.00 e. The van der Waals surface area contributed by atoms with Crippen molar-refractivity contribution in [3.63, 3.8) is 0 Å². The van der Waals surface area contributed by atoms with Gasteiger partial charge in [-0.25, -0.2) is 0 Å². The molecule has 0 aliphatic rings. The summed E-state index contributed by atoms with van der Waals surface area (Å²) in [5, 5.41) is 0. The van der Waals surface area contributed by atoms with Gasteiger partial charge in [-0.05, 0) is 12.1 Å². The van der Waals surface area contributed by atoms with Gasteiger partial charge in [-0.2, -0.15) is 0 Å². The number of phosphoric ester groups is 1. The van der Waals surface area contributed by atoms with Crippen molar-refractivity contribution in [2.24, 2.45) is 5.73 Å². The number of nitrogens with two attached hydrogens (primary N) is 1. The molecule has 0 aromatic heterocycles. The molecule has 7 heteroatoms. The van der Waals surface area contributed by atoms with E-state index in [0.29, 0.717) is 0 Å². The third kappa shape index (κ3) is 5.60. The first-order valence-electron chi connectivity index (χ1n) is 3.54. The van der Waals surface area contributed by atoms with E-state index < -0.39 is 14.6 Å². The molecule has 0 spiro atoms. The Bertz CT molecular complexity index is 308. The molecule has 0 saturated carbocycles. The summed E-state index contributed by atoms with van der Waals surface area (Å²) in [4.78, 5) is 10.9. The summed E-state index contributed by atoms with van der Waals surface area (Å²) in [5.74, 6) is 0.203. The van der Waals surface area contributed by atoms with Crippen molar-refractivity contribution >= 4 is 7.82 Å². The van der Waals surface area contributed by atoms with E-state index in [1.807, 2.05) is 0 Å². The van der Waals surface area contributed by atoms with Crippen LogP contribution in [0.25, 0.3) is 0 Å². The van der Waals surface area contributed by atoms with Crippen molar-refractivity contribution in [2.75, 3.05) is 6.73 Å². The summed E-state index contributed by atoms with van der Waals surface area (Å²) in [5.41, 5.74) is 4.89. The Morgan fingerprint density at radius 3 is 2.43 bits per heavy atom. The molecule has 2 N–H and O–H groups in total. The van der Waals surface area contributed by atoms with Crippen LogP contribution in [0, 0.1) is 0 Å². The van der Waals surface area contributed by atoms with Gasteiger partial charge in [0, 0.05) is 0 Å². The van der Waals surface area contributed by atoms with Gasteiger partial charge < -0.3 is 15.2 Å². The van der Waals surface area contributed by atoms with E-state index >= 15 is 0 Å². The van der Waals surface area contributed by atoms with Gasteiger partial charge in [0.25, 0.3) is 0 Å². The van der Waals surface area contributed by atoms with Crippen molar-refractivity contribution in [1.29, 1.82) is 0 Å². The third-order valence-corrected chi connectivity index (χ3v) is 2.09. The van der Waals surface area contributed by atoms with Gasteiger partial charge in [0.05, 0.1) is 0 Å². The number of rotatable bonds is 4. The summed E-state index contributed by atoms with van der Waals surface area (Å²) in [6.45, 7) is -0.423. The molecule has 0 amide bonds. The normalized spacial score (nSPS) is 13.9. The van der Waals surface area contributed by atoms with Crippen LogP contribution in [0.2, 0.25) is 0 Å². The number of phosphoric acid groups is 1. The van der Waals surface area contributed by atoms with Crippen molar-refractivity contribution in [3.05, 3.63) is 30.3 Å². The average molecular weight is 241 g/mol. The van der Waals surface area contributed by atoms with Crippen LogP contribution < -0.4 is 66.5 Å². The quantitative estimate of drug-likeness (QED) is 0.357. The molecule has 14 heavy (non-hydrogen) atoms. The molecule has 1 aromatic rings. The topological polar surface area (TPSA) is 84.6 Å². The zero-order valence-corrected chi connectivity index (χ0v) is 11.8. The van der Waals surface area contributed by atoms with Crippen LogP contribution in [0.3, 0.4) is 0 Å². The zero-order valence-electron chi connectivity index (χ0n) is 7.75. The monoisotopic (exact) mass is 241 g/mol. The molecule has 0 radical (unpaired) electrons. The predicted octanol–water partition coefficient (Wildman–Crippen LogP) is -2.53. The summed E-state index contributed by atoms with van der Waals surface area (Å²) < 4.78 is 19.6. The van der Waals surface area contributed by atoms with Gasteiger partial charge >= 0.3 is 59.2 Å². The first kappa shape index (κ1) is 14.8. The molecule has 0 saturated heterocycles. The Balaban J connectivity index is 0.00000169. The minimum atomic E-state index is -4.29. The van der Waals surface area contributed by atoms with Crippen LogP contribution in [0.1, 0.15) is 0 Å². The minimum Gasteiger partial charge on any atom is -0.746 e. The number of para-hydroxylation sites is 1. The number of benzene rings is 1. The first-order valence-corrected chi connectivity index (χ1v) is 5.00. The second-order valence-corrected chi connectivity index (χ2v) is 3.48. The summed E-state index contributed by atoms with van der Waals surface area (Å²) in [6, 6.07) is 8.05. The molecule has 0 bridgehead atoms. The standard InChI is InChI=1S/C7H10NO4P.K/c8-6-11-13(9,10)12-7-4-2-1-3-5-7;/h1-5H,6,8H2,(H,9,10);/q;+1/p-1. The molecule has 5 nitrogen and oxygen atoms in total. The van der Waals surface area contributed by atoms with E-state index in [-0.39, 0.29) is 57.1 Å². The molecular formula is C7H9KNO4P. The van der Waals surface area contributed by atoms with E-state index in [1.165, 1.54) is 12.1 Å². The SMILES string of the molecule is NCOP(=O)([O-])Oc1ccccc1.[K+]. The summed E-state index contributed by atoms with van der Waals surface area (Å²) >= 11 is 0. The van der Waals surface area contributed by atoms with Gasteiger partial charge in [-0.15, -0.1) is 0 Å².